The molecule has 5 nitrogen and oxygen atoms in total. The van der Waals surface area contributed by atoms with Crippen molar-refractivity contribution in [1.82, 2.24) is 0 Å². The van der Waals surface area contributed by atoms with Crippen LogP contribution < -0.4 is 11.1 Å². The normalized spacial score (nSPS) is 10.5. The fraction of sp³-hybridized carbons (Fsp3) is 0.500. The summed E-state index contributed by atoms with van der Waals surface area (Å²) in [5, 5.41) is 2.49. The summed E-state index contributed by atoms with van der Waals surface area (Å²) in [5.74, 6) is -0.761. The molecule has 0 aliphatic heterocycles. The molecular formula is C14H21FN2O3. The highest BCUT2D eigenvalue weighted by atomic mass is 19.1. The molecule has 0 saturated carbocycles. The molecule has 0 saturated heterocycles. The van der Waals surface area contributed by atoms with Crippen molar-refractivity contribution in [1.29, 1.82) is 0 Å². The zero-order valence-electron chi connectivity index (χ0n) is 11.7. The molecular weight excluding hydrogens is 263 g/mol. The van der Waals surface area contributed by atoms with Gasteiger partial charge in [-0.25, -0.2) is 4.39 Å². The molecule has 1 rings (SSSR count). The van der Waals surface area contributed by atoms with Crippen LogP contribution in [0.1, 0.15) is 19.8 Å². The van der Waals surface area contributed by atoms with E-state index < -0.39 is 5.82 Å². The van der Waals surface area contributed by atoms with Gasteiger partial charge in [-0.1, -0.05) is 0 Å². The van der Waals surface area contributed by atoms with Crippen LogP contribution in [0.25, 0.3) is 0 Å². The van der Waals surface area contributed by atoms with E-state index in [4.69, 9.17) is 15.2 Å². The monoisotopic (exact) mass is 284 g/mol. The Morgan fingerprint density at radius 2 is 2.05 bits per heavy atom. The second-order valence-electron chi connectivity index (χ2n) is 4.20. The number of benzene rings is 1. The number of nitrogens with two attached hydrogens (primary N) is 1. The summed E-state index contributed by atoms with van der Waals surface area (Å²) in [7, 11) is 0. The number of nitrogen functional groups attached to an aromatic ring is 1. The number of anilines is 2. The second-order valence-corrected chi connectivity index (χ2v) is 4.20. The van der Waals surface area contributed by atoms with Crippen LogP contribution in [-0.2, 0) is 14.3 Å². The minimum atomic E-state index is -0.500. The van der Waals surface area contributed by atoms with E-state index in [1.54, 1.807) is 0 Å². The smallest absolute Gasteiger partial charge is 0.224 e. The fourth-order valence-electron chi connectivity index (χ4n) is 1.55. The van der Waals surface area contributed by atoms with Crippen molar-refractivity contribution in [2.75, 3.05) is 37.5 Å². The van der Waals surface area contributed by atoms with E-state index in [-0.39, 0.29) is 18.0 Å². The highest BCUT2D eigenvalue weighted by Gasteiger charge is 2.07. The van der Waals surface area contributed by atoms with Crippen molar-refractivity contribution in [2.45, 2.75) is 19.8 Å². The average molecular weight is 284 g/mol. The number of hydrogen-bond acceptors (Lipinski definition) is 4. The molecule has 0 fully saturated rings. The van der Waals surface area contributed by atoms with E-state index in [9.17, 15) is 9.18 Å². The highest BCUT2D eigenvalue weighted by molar-refractivity contribution is 5.91. The maximum absolute atomic E-state index is 13.4. The van der Waals surface area contributed by atoms with E-state index in [2.05, 4.69) is 5.32 Å². The number of nitrogens with one attached hydrogen (secondary N) is 1. The first-order valence-electron chi connectivity index (χ1n) is 6.64. The third-order valence-electron chi connectivity index (χ3n) is 2.53. The van der Waals surface area contributed by atoms with Crippen molar-refractivity contribution < 1.29 is 18.7 Å². The van der Waals surface area contributed by atoms with Crippen LogP contribution in [0.5, 0.6) is 0 Å². The van der Waals surface area contributed by atoms with Gasteiger partial charge in [0, 0.05) is 25.3 Å². The molecule has 20 heavy (non-hydrogen) atoms. The van der Waals surface area contributed by atoms with Crippen molar-refractivity contribution >= 4 is 17.3 Å². The lowest BCUT2D eigenvalue weighted by atomic mass is 10.2. The van der Waals surface area contributed by atoms with Gasteiger partial charge in [0.25, 0.3) is 0 Å². The molecule has 0 unspecified atom stereocenters. The lowest BCUT2D eigenvalue weighted by molar-refractivity contribution is -0.116. The Kier molecular flexibility index (Phi) is 7.60. The van der Waals surface area contributed by atoms with E-state index in [1.807, 2.05) is 6.92 Å². The molecule has 0 aliphatic rings. The summed E-state index contributed by atoms with van der Waals surface area (Å²) in [6.45, 7) is 4.12. The van der Waals surface area contributed by atoms with Gasteiger partial charge in [0.2, 0.25) is 5.91 Å². The van der Waals surface area contributed by atoms with E-state index in [0.717, 1.165) is 0 Å². The van der Waals surface area contributed by atoms with Crippen molar-refractivity contribution in [3.8, 4) is 0 Å². The van der Waals surface area contributed by atoms with Crippen molar-refractivity contribution in [2.24, 2.45) is 0 Å². The van der Waals surface area contributed by atoms with Gasteiger partial charge in [0.05, 0.1) is 18.9 Å². The van der Waals surface area contributed by atoms with Crippen LogP contribution in [0.15, 0.2) is 18.2 Å². The Bertz CT molecular complexity index is 427. The zero-order valence-corrected chi connectivity index (χ0v) is 11.7. The third kappa shape index (κ3) is 6.49. The van der Waals surface area contributed by atoms with Gasteiger partial charge >= 0.3 is 0 Å². The molecule has 1 amide bonds. The Morgan fingerprint density at radius 1 is 1.30 bits per heavy atom. The highest BCUT2D eigenvalue weighted by Crippen LogP contribution is 2.17. The standard InChI is InChI=1S/C14H21FN2O3/c1-2-19-8-9-20-7-3-4-14(18)17-13-10-11(16)5-6-12(13)15/h5-6,10H,2-4,7-9,16H2,1H3,(H,17,18). The molecule has 0 atom stereocenters. The van der Waals surface area contributed by atoms with Crippen LogP contribution in [0, 0.1) is 5.82 Å². The molecule has 6 heteroatoms. The molecule has 1 aromatic carbocycles. The Labute approximate surface area is 118 Å². The summed E-state index contributed by atoms with van der Waals surface area (Å²) in [5.41, 5.74) is 6.04. The van der Waals surface area contributed by atoms with Crippen LogP contribution in [0.2, 0.25) is 0 Å². The van der Waals surface area contributed by atoms with E-state index >= 15 is 0 Å². The largest absolute Gasteiger partial charge is 0.399 e. The number of hydrogen-bond donors (Lipinski definition) is 2. The van der Waals surface area contributed by atoms with Crippen molar-refractivity contribution in [3.63, 3.8) is 0 Å². The summed E-state index contributed by atoms with van der Waals surface area (Å²) in [4.78, 5) is 11.6. The lowest BCUT2D eigenvalue weighted by Gasteiger charge is -2.07. The fourth-order valence-corrected chi connectivity index (χ4v) is 1.55. The second kappa shape index (κ2) is 9.28. The SMILES string of the molecule is CCOCCOCCCC(=O)Nc1cc(N)ccc1F. The number of rotatable bonds is 9. The van der Waals surface area contributed by atoms with Gasteiger partial charge < -0.3 is 20.5 Å². The first-order valence-corrected chi connectivity index (χ1v) is 6.64. The molecule has 1 aromatic rings. The van der Waals surface area contributed by atoms with E-state index in [0.29, 0.717) is 38.5 Å². The quantitative estimate of drug-likeness (QED) is 0.538. The van der Waals surface area contributed by atoms with Gasteiger partial charge in [-0.05, 0) is 31.5 Å². The molecule has 0 aliphatic carbocycles. The minimum Gasteiger partial charge on any atom is -0.399 e. The molecule has 0 spiro atoms. The molecule has 0 radical (unpaired) electrons. The maximum Gasteiger partial charge on any atom is 0.224 e. The van der Waals surface area contributed by atoms with Gasteiger partial charge in [0.15, 0.2) is 0 Å². The topological polar surface area (TPSA) is 73.6 Å². The van der Waals surface area contributed by atoms with Crippen LogP contribution in [-0.4, -0.2) is 32.3 Å². The Morgan fingerprint density at radius 3 is 2.80 bits per heavy atom. The van der Waals surface area contributed by atoms with Crippen LogP contribution in [0.4, 0.5) is 15.8 Å². The Hall–Kier alpha value is -1.66. The number of carbonyl (C=O) groups is 1. The molecule has 0 heterocycles. The Balaban J connectivity index is 2.19. The predicted octanol–water partition coefficient (Wildman–Crippen LogP) is 2.18. The molecule has 0 bridgehead atoms. The minimum absolute atomic E-state index is 0.104. The maximum atomic E-state index is 13.4. The first kappa shape index (κ1) is 16.4. The molecule has 0 aromatic heterocycles. The number of halogens is 1. The van der Waals surface area contributed by atoms with Crippen LogP contribution >= 0.6 is 0 Å². The van der Waals surface area contributed by atoms with Crippen LogP contribution in [0.3, 0.4) is 0 Å². The lowest BCUT2D eigenvalue weighted by Crippen LogP contribution is -2.14. The van der Waals surface area contributed by atoms with E-state index in [1.165, 1.54) is 18.2 Å². The summed E-state index contributed by atoms with van der Waals surface area (Å²) in [6, 6.07) is 4.06. The molecule has 3 N–H and O–H groups in total. The average Bonchev–Trinajstić information content (AvgIpc) is 2.42. The zero-order chi connectivity index (χ0) is 14.8. The third-order valence-corrected chi connectivity index (χ3v) is 2.53. The van der Waals surface area contributed by atoms with Gasteiger partial charge in [-0.2, -0.15) is 0 Å². The van der Waals surface area contributed by atoms with Gasteiger partial charge in [0.1, 0.15) is 5.82 Å². The summed E-state index contributed by atoms with van der Waals surface area (Å²) in [6.07, 6.45) is 0.838. The summed E-state index contributed by atoms with van der Waals surface area (Å²) >= 11 is 0. The number of ether oxygens (including phenoxy) is 2. The number of amides is 1. The molecule has 112 valence electrons. The summed E-state index contributed by atoms with van der Waals surface area (Å²) < 4.78 is 23.8. The first-order chi connectivity index (χ1) is 9.63. The van der Waals surface area contributed by atoms with Gasteiger partial charge in [-0.3, -0.25) is 4.79 Å². The predicted molar refractivity (Wildman–Crippen MR) is 76.0 cm³/mol. The van der Waals surface area contributed by atoms with Gasteiger partial charge in [-0.15, -0.1) is 0 Å². The van der Waals surface area contributed by atoms with Crippen molar-refractivity contribution in [3.05, 3.63) is 24.0 Å². The number of carbonyl (C=O) groups excluding carboxylic acids is 1.